The molecule has 0 radical (unpaired) electrons. The van der Waals surface area contributed by atoms with Crippen molar-refractivity contribution >= 4 is 0 Å². The lowest BCUT2D eigenvalue weighted by molar-refractivity contribution is 0.344. The average Bonchev–Trinajstić information content (AvgIpc) is 2.07. The molecular formula is C10H14FNO2. The van der Waals surface area contributed by atoms with Gasteiger partial charge in [0.15, 0.2) is 17.3 Å². The first-order chi connectivity index (χ1) is 6.38. The number of nitrogens with two attached hydrogens (primary N) is 1. The van der Waals surface area contributed by atoms with E-state index in [4.69, 9.17) is 10.5 Å². The van der Waals surface area contributed by atoms with E-state index in [-0.39, 0.29) is 5.75 Å². The molecule has 1 aromatic carbocycles. The normalized spacial score (nSPS) is 11.5. The first-order valence-electron chi connectivity index (χ1n) is 4.22. The molecule has 0 aliphatic heterocycles. The first kappa shape index (κ1) is 10.8. The molecule has 0 saturated carbocycles. The number of methoxy groups -OCH3 is 1. The van der Waals surface area contributed by atoms with Crippen molar-refractivity contribution < 1.29 is 14.2 Å². The van der Waals surface area contributed by atoms with Gasteiger partial charge in [0.2, 0.25) is 0 Å². The minimum atomic E-state index is -0.713. The van der Waals surface area contributed by atoms with Gasteiger partial charge in [-0.25, -0.2) is 4.39 Å². The Hall–Kier alpha value is -1.29. The lowest BCUT2D eigenvalue weighted by Crippen LogP contribution is -2.29. The molecule has 0 aliphatic rings. The number of rotatable bonds is 2. The summed E-state index contributed by atoms with van der Waals surface area (Å²) >= 11 is 0. The highest BCUT2D eigenvalue weighted by atomic mass is 19.1. The Kier molecular flexibility index (Phi) is 2.66. The van der Waals surface area contributed by atoms with Crippen LogP contribution in [0.25, 0.3) is 0 Å². The quantitative estimate of drug-likeness (QED) is 0.762. The molecule has 0 unspecified atom stereocenters. The fraction of sp³-hybridized carbons (Fsp3) is 0.400. The first-order valence-corrected chi connectivity index (χ1v) is 4.22. The van der Waals surface area contributed by atoms with E-state index < -0.39 is 17.1 Å². The van der Waals surface area contributed by atoms with Gasteiger partial charge in [0.1, 0.15) is 0 Å². The molecule has 0 saturated heterocycles. The summed E-state index contributed by atoms with van der Waals surface area (Å²) in [5.41, 5.74) is 5.72. The maximum absolute atomic E-state index is 13.0. The van der Waals surface area contributed by atoms with E-state index in [1.165, 1.54) is 19.2 Å². The molecule has 3 nitrogen and oxygen atoms in total. The number of benzene rings is 1. The van der Waals surface area contributed by atoms with E-state index in [0.29, 0.717) is 5.56 Å². The van der Waals surface area contributed by atoms with Gasteiger partial charge in [-0.05, 0) is 19.9 Å². The second-order valence-corrected chi connectivity index (χ2v) is 3.70. The summed E-state index contributed by atoms with van der Waals surface area (Å²) in [6, 6.07) is 2.68. The molecule has 0 amide bonds. The maximum atomic E-state index is 13.0. The molecule has 0 heterocycles. The van der Waals surface area contributed by atoms with Crippen molar-refractivity contribution in [2.45, 2.75) is 19.4 Å². The van der Waals surface area contributed by atoms with Crippen molar-refractivity contribution in [3.05, 3.63) is 23.5 Å². The SMILES string of the molecule is COc1c(C(C)(C)N)ccc(F)c1O. The third-order valence-corrected chi connectivity index (χ3v) is 1.98. The summed E-state index contributed by atoms with van der Waals surface area (Å²) in [4.78, 5) is 0. The van der Waals surface area contributed by atoms with Crippen molar-refractivity contribution in [1.82, 2.24) is 0 Å². The van der Waals surface area contributed by atoms with Crippen LogP contribution in [0.4, 0.5) is 4.39 Å². The average molecular weight is 199 g/mol. The molecule has 1 rings (SSSR count). The molecule has 0 spiro atoms. The van der Waals surface area contributed by atoms with Gasteiger partial charge in [0, 0.05) is 11.1 Å². The van der Waals surface area contributed by atoms with Gasteiger partial charge in [-0.3, -0.25) is 0 Å². The minimum Gasteiger partial charge on any atom is -0.502 e. The lowest BCUT2D eigenvalue weighted by atomic mass is 9.94. The van der Waals surface area contributed by atoms with Crippen molar-refractivity contribution in [2.24, 2.45) is 5.73 Å². The van der Waals surface area contributed by atoms with E-state index in [0.717, 1.165) is 0 Å². The number of halogens is 1. The molecule has 1 aromatic rings. The number of phenols is 1. The Balaban J connectivity index is 3.39. The summed E-state index contributed by atoms with van der Waals surface area (Å²) in [5.74, 6) is -1.11. The highest BCUT2D eigenvalue weighted by Crippen LogP contribution is 2.37. The van der Waals surface area contributed by atoms with Gasteiger partial charge in [-0.1, -0.05) is 6.07 Å². The third-order valence-electron chi connectivity index (χ3n) is 1.98. The van der Waals surface area contributed by atoms with Crippen LogP contribution in [-0.4, -0.2) is 12.2 Å². The molecule has 0 bridgehead atoms. The third kappa shape index (κ3) is 1.80. The topological polar surface area (TPSA) is 55.5 Å². The Labute approximate surface area is 82.3 Å². The van der Waals surface area contributed by atoms with Crippen LogP contribution in [0.2, 0.25) is 0 Å². The maximum Gasteiger partial charge on any atom is 0.194 e. The van der Waals surface area contributed by atoms with Crippen LogP contribution in [0.3, 0.4) is 0 Å². The van der Waals surface area contributed by atoms with Gasteiger partial charge in [0.05, 0.1) is 7.11 Å². The predicted molar refractivity (Wildman–Crippen MR) is 51.8 cm³/mol. The van der Waals surface area contributed by atoms with Gasteiger partial charge < -0.3 is 15.6 Å². The molecule has 14 heavy (non-hydrogen) atoms. The molecule has 0 fully saturated rings. The highest BCUT2D eigenvalue weighted by molar-refractivity contribution is 5.49. The summed E-state index contributed by atoms with van der Waals surface area (Å²) in [6.07, 6.45) is 0. The number of aromatic hydroxyl groups is 1. The molecule has 0 aromatic heterocycles. The fourth-order valence-corrected chi connectivity index (χ4v) is 1.26. The zero-order valence-corrected chi connectivity index (χ0v) is 8.47. The van der Waals surface area contributed by atoms with Gasteiger partial charge >= 0.3 is 0 Å². The number of phenolic OH excluding ortho intramolecular Hbond substituents is 1. The summed E-state index contributed by atoms with van der Waals surface area (Å²) in [7, 11) is 1.36. The van der Waals surface area contributed by atoms with Crippen molar-refractivity contribution in [1.29, 1.82) is 0 Å². The Morgan fingerprint density at radius 3 is 2.43 bits per heavy atom. The predicted octanol–water partition coefficient (Wildman–Crippen LogP) is 1.73. The van der Waals surface area contributed by atoms with E-state index in [1.807, 2.05) is 0 Å². The van der Waals surface area contributed by atoms with Crippen molar-refractivity contribution in [3.8, 4) is 11.5 Å². The molecule has 78 valence electrons. The molecule has 0 atom stereocenters. The van der Waals surface area contributed by atoms with Crippen LogP contribution in [0.5, 0.6) is 11.5 Å². The van der Waals surface area contributed by atoms with Crippen LogP contribution in [-0.2, 0) is 5.54 Å². The fourth-order valence-electron chi connectivity index (χ4n) is 1.26. The van der Waals surface area contributed by atoms with E-state index >= 15 is 0 Å². The van der Waals surface area contributed by atoms with Crippen molar-refractivity contribution in [2.75, 3.05) is 7.11 Å². The van der Waals surface area contributed by atoms with E-state index in [1.54, 1.807) is 13.8 Å². The monoisotopic (exact) mass is 199 g/mol. The summed E-state index contributed by atoms with van der Waals surface area (Å²) in [5, 5.41) is 9.39. The van der Waals surface area contributed by atoms with Crippen LogP contribution >= 0.6 is 0 Å². The summed E-state index contributed by atoms with van der Waals surface area (Å²) in [6.45, 7) is 3.50. The Morgan fingerprint density at radius 1 is 1.43 bits per heavy atom. The summed E-state index contributed by atoms with van der Waals surface area (Å²) < 4.78 is 17.9. The zero-order chi connectivity index (χ0) is 10.9. The largest absolute Gasteiger partial charge is 0.502 e. The molecule has 4 heteroatoms. The Morgan fingerprint density at radius 2 is 2.00 bits per heavy atom. The van der Waals surface area contributed by atoms with E-state index in [2.05, 4.69) is 0 Å². The highest BCUT2D eigenvalue weighted by Gasteiger charge is 2.23. The van der Waals surface area contributed by atoms with Crippen LogP contribution in [0.15, 0.2) is 12.1 Å². The van der Waals surface area contributed by atoms with Crippen LogP contribution in [0, 0.1) is 5.82 Å². The number of hydrogen-bond donors (Lipinski definition) is 2. The van der Waals surface area contributed by atoms with Crippen molar-refractivity contribution in [3.63, 3.8) is 0 Å². The lowest BCUT2D eigenvalue weighted by Gasteiger charge is -2.22. The van der Waals surface area contributed by atoms with E-state index in [9.17, 15) is 9.50 Å². The second kappa shape index (κ2) is 3.46. The zero-order valence-electron chi connectivity index (χ0n) is 8.47. The minimum absolute atomic E-state index is 0.0949. The van der Waals surface area contributed by atoms with Gasteiger partial charge in [-0.15, -0.1) is 0 Å². The van der Waals surface area contributed by atoms with Gasteiger partial charge in [-0.2, -0.15) is 0 Å². The smallest absolute Gasteiger partial charge is 0.194 e. The standard InChI is InChI=1S/C10H14FNO2/c1-10(2,12)6-4-5-7(11)8(13)9(6)14-3/h4-5,13H,12H2,1-3H3. The second-order valence-electron chi connectivity index (χ2n) is 3.70. The van der Waals surface area contributed by atoms with Gasteiger partial charge in [0.25, 0.3) is 0 Å². The molecule has 3 N–H and O–H groups in total. The molecule has 0 aliphatic carbocycles. The number of hydrogen-bond acceptors (Lipinski definition) is 3. The number of ether oxygens (including phenoxy) is 1. The molecular weight excluding hydrogens is 185 g/mol. The van der Waals surface area contributed by atoms with Crippen LogP contribution < -0.4 is 10.5 Å². The van der Waals surface area contributed by atoms with Crippen LogP contribution in [0.1, 0.15) is 19.4 Å². The Bertz CT molecular complexity index is 345.